The third-order valence-corrected chi connectivity index (χ3v) is 6.72. The number of aliphatic hydroxyl groups is 1. The summed E-state index contributed by atoms with van der Waals surface area (Å²) in [5, 5.41) is 36.4. The first-order valence-corrected chi connectivity index (χ1v) is 12.8. The summed E-state index contributed by atoms with van der Waals surface area (Å²) in [4.78, 5) is 6.76. The maximum atomic E-state index is 13.3. The van der Waals surface area contributed by atoms with Crippen LogP contribution in [0, 0.1) is 17.1 Å². The Morgan fingerprint density at radius 3 is 2.77 bits per heavy atom. The van der Waals surface area contributed by atoms with E-state index in [1.165, 1.54) is 15.4 Å². The second kappa shape index (κ2) is 10.1. The Bertz CT molecular complexity index is 1690. The summed E-state index contributed by atoms with van der Waals surface area (Å²) in [6, 6.07) is 7.91. The van der Waals surface area contributed by atoms with Gasteiger partial charge in [0.25, 0.3) is 0 Å². The normalized spacial score (nSPS) is 16.0. The number of nitrogens with zero attached hydrogens (tertiary/aromatic N) is 10. The number of hydrogen-bond donors (Lipinski definition) is 1. The molecule has 1 N–H and O–H groups in total. The van der Waals surface area contributed by atoms with Crippen LogP contribution in [-0.4, -0.2) is 74.7 Å². The Morgan fingerprint density at radius 2 is 2.05 bits per heavy atom. The molecule has 204 valence electrons. The minimum absolute atomic E-state index is 0.0922. The minimum atomic E-state index is -1.01. The average molecular weight is 543 g/mol. The van der Waals surface area contributed by atoms with Gasteiger partial charge in [0.15, 0.2) is 17.3 Å². The van der Waals surface area contributed by atoms with E-state index in [0.29, 0.717) is 17.1 Å². The molecule has 40 heavy (non-hydrogen) atoms. The van der Waals surface area contributed by atoms with Crippen molar-refractivity contribution in [3.8, 4) is 28.8 Å². The number of aromatic nitrogens is 8. The lowest BCUT2D eigenvalue weighted by molar-refractivity contribution is 0.0283. The van der Waals surface area contributed by atoms with Gasteiger partial charge in [-0.3, -0.25) is 9.58 Å². The largest absolute Gasteiger partial charge is 0.489 e. The molecule has 0 spiro atoms. The quantitative estimate of drug-likeness (QED) is 0.314. The predicted molar refractivity (Wildman–Crippen MR) is 141 cm³/mol. The summed E-state index contributed by atoms with van der Waals surface area (Å²) < 4.78 is 23.9. The highest BCUT2D eigenvalue weighted by Crippen LogP contribution is 2.32. The average Bonchev–Trinajstić information content (AvgIpc) is 3.73. The fraction of sp³-hybridized carbons (Fsp3) is 0.333. The highest BCUT2D eigenvalue weighted by molar-refractivity contribution is 5.83. The van der Waals surface area contributed by atoms with Crippen LogP contribution >= 0.6 is 0 Å². The van der Waals surface area contributed by atoms with Gasteiger partial charge in [-0.15, -0.1) is 5.10 Å². The summed E-state index contributed by atoms with van der Waals surface area (Å²) >= 11 is 0. The molecule has 6 heterocycles. The lowest BCUT2D eigenvalue weighted by Crippen LogP contribution is -2.27. The van der Waals surface area contributed by atoms with E-state index in [2.05, 4.69) is 36.5 Å². The molecule has 0 saturated carbocycles. The van der Waals surface area contributed by atoms with Crippen LogP contribution in [0.4, 0.5) is 4.39 Å². The highest BCUT2D eigenvalue weighted by Gasteiger charge is 2.26. The predicted octanol–water partition coefficient (Wildman–Crippen LogP) is 2.78. The monoisotopic (exact) mass is 542 g/mol. The molecule has 1 aliphatic heterocycles. The van der Waals surface area contributed by atoms with Gasteiger partial charge < -0.3 is 9.84 Å². The van der Waals surface area contributed by atoms with Crippen LogP contribution in [0.25, 0.3) is 22.5 Å². The lowest BCUT2D eigenvalue weighted by atomic mass is 10.1. The third kappa shape index (κ3) is 5.27. The van der Waals surface area contributed by atoms with Crippen LogP contribution < -0.4 is 4.74 Å². The van der Waals surface area contributed by atoms with Gasteiger partial charge in [-0.25, -0.2) is 18.6 Å². The Labute approximate surface area is 228 Å². The second-order valence-electron chi connectivity index (χ2n) is 10.5. The first kappa shape index (κ1) is 25.6. The zero-order valence-electron chi connectivity index (χ0n) is 22.0. The van der Waals surface area contributed by atoms with E-state index in [-0.39, 0.29) is 18.3 Å². The maximum Gasteiger partial charge on any atom is 0.191 e. The maximum absolute atomic E-state index is 13.3. The number of ether oxygens (including phenoxy) is 1. The number of pyridine rings is 2. The van der Waals surface area contributed by atoms with E-state index in [1.807, 2.05) is 29.1 Å². The molecule has 12 nitrogen and oxygen atoms in total. The molecule has 5 aromatic rings. The van der Waals surface area contributed by atoms with Crippen molar-refractivity contribution in [2.24, 2.45) is 0 Å². The minimum Gasteiger partial charge on any atom is -0.489 e. The van der Waals surface area contributed by atoms with Crippen LogP contribution in [0.5, 0.6) is 5.75 Å². The van der Waals surface area contributed by atoms with Gasteiger partial charge in [0.2, 0.25) is 0 Å². The van der Waals surface area contributed by atoms with Gasteiger partial charge in [-0.1, -0.05) is 11.3 Å². The fourth-order valence-corrected chi connectivity index (χ4v) is 4.82. The SMILES string of the molecule is CC(C)(O)COc1cc(-c2cnn([C@@H]3CCN(Cc4ccc(-n5cc(F)cn5)nc4)C3)c2)c2c(C#N)nnn2c1. The zero-order chi connectivity index (χ0) is 27.9. The summed E-state index contributed by atoms with van der Waals surface area (Å²) in [5.41, 5.74) is 2.36. The zero-order valence-corrected chi connectivity index (χ0v) is 22.0. The Morgan fingerprint density at radius 1 is 1.18 bits per heavy atom. The number of likely N-dealkylation sites (tertiary alicyclic amines) is 1. The molecule has 5 aromatic heterocycles. The number of nitriles is 1. The topological polar surface area (TPSA) is 135 Å². The van der Waals surface area contributed by atoms with Gasteiger partial charge in [0.05, 0.1) is 36.4 Å². The van der Waals surface area contributed by atoms with Crippen LogP contribution in [0.1, 0.15) is 37.6 Å². The van der Waals surface area contributed by atoms with Crippen LogP contribution in [-0.2, 0) is 6.54 Å². The van der Waals surface area contributed by atoms with Crippen molar-refractivity contribution >= 4 is 5.52 Å². The smallest absolute Gasteiger partial charge is 0.191 e. The molecule has 6 rings (SSSR count). The van der Waals surface area contributed by atoms with E-state index in [4.69, 9.17) is 4.74 Å². The lowest BCUT2D eigenvalue weighted by Gasteiger charge is -2.18. The molecule has 13 heteroatoms. The van der Waals surface area contributed by atoms with Crippen molar-refractivity contribution in [2.45, 2.75) is 38.5 Å². The van der Waals surface area contributed by atoms with E-state index in [1.54, 1.807) is 32.4 Å². The molecular formula is C27H27FN10O2. The van der Waals surface area contributed by atoms with Crippen molar-refractivity contribution in [3.63, 3.8) is 0 Å². The standard InChI is InChI=1S/C27H27FN10O2/c1-27(2,39)17-40-22-7-23(26-24(8-29)33-34-38(26)16-22)19-10-31-36(13-19)21-5-6-35(15-21)12-18-3-4-25(30-9-18)37-14-20(28)11-32-37/h3-4,7,9-11,13-14,16,21,39H,5-6,12,15,17H2,1-2H3/t21-/m1/s1. The third-order valence-electron chi connectivity index (χ3n) is 6.72. The first-order chi connectivity index (χ1) is 19.3. The van der Waals surface area contributed by atoms with Crippen molar-refractivity contribution in [1.29, 1.82) is 5.26 Å². The first-order valence-electron chi connectivity index (χ1n) is 12.8. The molecule has 0 aromatic carbocycles. The number of fused-ring (bicyclic) bond motifs is 1. The Hall–Kier alpha value is -4.67. The van der Waals surface area contributed by atoms with Gasteiger partial charge in [-0.05, 0) is 38.0 Å². The van der Waals surface area contributed by atoms with Gasteiger partial charge >= 0.3 is 0 Å². The molecule has 1 atom stereocenters. The van der Waals surface area contributed by atoms with Crippen molar-refractivity contribution < 1.29 is 14.2 Å². The van der Waals surface area contributed by atoms with E-state index in [0.717, 1.165) is 48.9 Å². The highest BCUT2D eigenvalue weighted by atomic mass is 19.1. The fourth-order valence-electron chi connectivity index (χ4n) is 4.82. The molecule has 0 unspecified atom stereocenters. The van der Waals surface area contributed by atoms with Crippen molar-refractivity contribution in [3.05, 3.63) is 72.5 Å². The summed E-state index contributed by atoms with van der Waals surface area (Å²) in [7, 11) is 0. The van der Waals surface area contributed by atoms with Crippen LogP contribution in [0.2, 0.25) is 0 Å². The summed E-state index contributed by atoms with van der Waals surface area (Å²) in [5.74, 6) is 0.656. The number of hydrogen-bond acceptors (Lipinski definition) is 9. The van der Waals surface area contributed by atoms with Crippen LogP contribution in [0.3, 0.4) is 0 Å². The Balaban J connectivity index is 1.18. The molecule has 0 aliphatic carbocycles. The molecular weight excluding hydrogens is 515 g/mol. The molecule has 0 amide bonds. The number of halogens is 1. The van der Waals surface area contributed by atoms with E-state index >= 15 is 0 Å². The van der Waals surface area contributed by atoms with E-state index < -0.39 is 11.4 Å². The summed E-state index contributed by atoms with van der Waals surface area (Å²) in [6.45, 7) is 5.88. The van der Waals surface area contributed by atoms with Crippen molar-refractivity contribution in [1.82, 2.24) is 44.3 Å². The van der Waals surface area contributed by atoms with Gasteiger partial charge in [-0.2, -0.15) is 15.5 Å². The van der Waals surface area contributed by atoms with Crippen molar-refractivity contribution in [2.75, 3.05) is 19.7 Å². The Kier molecular flexibility index (Phi) is 6.49. The molecule has 0 bridgehead atoms. The molecule has 1 fully saturated rings. The molecule has 1 saturated heterocycles. The van der Waals surface area contributed by atoms with Crippen LogP contribution in [0.15, 0.2) is 55.4 Å². The molecule has 0 radical (unpaired) electrons. The van der Waals surface area contributed by atoms with Gasteiger partial charge in [0.1, 0.15) is 23.9 Å². The van der Waals surface area contributed by atoms with Gasteiger partial charge in [0, 0.05) is 43.2 Å². The number of rotatable bonds is 8. The van der Waals surface area contributed by atoms with E-state index in [9.17, 15) is 14.8 Å². The molecule has 1 aliphatic rings. The second-order valence-corrected chi connectivity index (χ2v) is 10.5. The summed E-state index contributed by atoms with van der Waals surface area (Å²) in [6.07, 6.45) is 10.6.